The smallest absolute Gasteiger partial charge is 0.475 e. The molecule has 1 saturated heterocycles. The number of carboxylic acids is 1. The van der Waals surface area contributed by atoms with E-state index in [2.05, 4.69) is 43.2 Å². The normalized spacial score (nSPS) is 16.6. The van der Waals surface area contributed by atoms with Gasteiger partial charge in [0.1, 0.15) is 0 Å². The number of alkyl halides is 3. The number of piperidine rings is 1. The zero-order valence-electron chi connectivity index (χ0n) is 20.7. The molecular formula is C26H30F3N5O4. The van der Waals surface area contributed by atoms with Crippen molar-refractivity contribution in [2.75, 3.05) is 31.6 Å². The number of hydrogen-bond donors (Lipinski definition) is 4. The number of nitrogens with one attached hydrogen (secondary N) is 2. The Morgan fingerprint density at radius 3 is 2.50 bits per heavy atom. The Kier molecular flexibility index (Phi) is 10.0. The summed E-state index contributed by atoms with van der Waals surface area (Å²) >= 11 is 0. The molecule has 204 valence electrons. The first-order chi connectivity index (χ1) is 18.1. The highest BCUT2D eigenvalue weighted by atomic mass is 19.4. The fraction of sp³-hybridized carbons (Fsp3) is 0.462. The summed E-state index contributed by atoms with van der Waals surface area (Å²) in [5, 5.41) is 19.3. The second-order valence-electron chi connectivity index (χ2n) is 9.11. The number of allylic oxidation sites excluding steroid dienone is 2. The molecule has 0 spiro atoms. The summed E-state index contributed by atoms with van der Waals surface area (Å²) in [6, 6.07) is 6.39. The van der Waals surface area contributed by atoms with Gasteiger partial charge in [0.2, 0.25) is 5.82 Å². The van der Waals surface area contributed by atoms with Gasteiger partial charge in [-0.25, -0.2) is 9.78 Å². The van der Waals surface area contributed by atoms with Gasteiger partial charge in [-0.05, 0) is 80.8 Å². The summed E-state index contributed by atoms with van der Waals surface area (Å²) in [6.07, 6.45) is 5.20. The number of aliphatic carboxylic acids is 1. The lowest BCUT2D eigenvalue weighted by molar-refractivity contribution is -0.192. The van der Waals surface area contributed by atoms with Crippen molar-refractivity contribution in [2.45, 2.75) is 50.6 Å². The molecule has 0 atom stereocenters. The molecule has 0 bridgehead atoms. The van der Waals surface area contributed by atoms with E-state index in [-0.39, 0.29) is 24.2 Å². The molecule has 1 fully saturated rings. The second-order valence-corrected chi connectivity index (χ2v) is 9.11. The predicted molar refractivity (Wildman–Crippen MR) is 135 cm³/mol. The van der Waals surface area contributed by atoms with Crippen molar-refractivity contribution in [2.24, 2.45) is 0 Å². The lowest BCUT2D eigenvalue weighted by Crippen LogP contribution is -2.34. The van der Waals surface area contributed by atoms with Crippen LogP contribution >= 0.6 is 0 Å². The van der Waals surface area contributed by atoms with Crippen LogP contribution in [-0.2, 0) is 4.79 Å². The molecule has 1 aromatic carbocycles. The predicted octanol–water partition coefficient (Wildman–Crippen LogP) is 4.98. The monoisotopic (exact) mass is 533 g/mol. The number of halogens is 3. The Bertz CT molecular complexity index is 1190. The number of rotatable bonds is 6. The van der Waals surface area contributed by atoms with Crippen LogP contribution in [0.15, 0.2) is 30.5 Å². The number of β-amino-alcohol motifs (C(OH)–C–C–N with tert-alkyl or cyclic N) is 1. The first kappa shape index (κ1) is 28.9. The molecule has 1 amide bonds. The highest BCUT2D eigenvalue weighted by Gasteiger charge is 2.38. The highest BCUT2D eigenvalue weighted by molar-refractivity contribution is 6.03. The molecule has 1 aromatic heterocycles. The summed E-state index contributed by atoms with van der Waals surface area (Å²) in [5.41, 5.74) is 4.50. The zero-order valence-corrected chi connectivity index (χ0v) is 20.7. The minimum Gasteiger partial charge on any atom is -0.475 e. The highest BCUT2D eigenvalue weighted by Crippen LogP contribution is 2.36. The number of nitrogens with zero attached hydrogens (tertiary/aromatic N) is 3. The van der Waals surface area contributed by atoms with Crippen LogP contribution < -0.4 is 5.32 Å². The molecule has 12 heteroatoms. The van der Waals surface area contributed by atoms with E-state index in [1.807, 2.05) is 6.07 Å². The summed E-state index contributed by atoms with van der Waals surface area (Å²) in [4.78, 5) is 34.0. The molecule has 9 nitrogen and oxygen atoms in total. The van der Waals surface area contributed by atoms with Gasteiger partial charge in [0.15, 0.2) is 0 Å². The number of aromatic amines is 1. The quantitative estimate of drug-likeness (QED) is 0.389. The molecule has 0 saturated carbocycles. The number of carboxylic acid groups (broad SMARTS) is 1. The van der Waals surface area contributed by atoms with Crippen molar-refractivity contribution in [3.63, 3.8) is 0 Å². The number of carbonyl (C=O) groups is 2. The number of benzene rings is 1. The third kappa shape index (κ3) is 7.90. The molecule has 2 aromatic rings. The standard InChI is InChI=1S/C24H29N5O2.C2HF3O2/c1-25-22-16-26-23(28-22)24(31)27-21-8-7-19(15-20(21)18-5-3-2-4-6-18)17-9-11-29(12-10-17)13-14-30;3-2(4,5)1(6)7/h5,7-8,15-17,30H,2-4,6,9-14H2,(H,26,28)(H,27,31);(H,6,7). The van der Waals surface area contributed by atoms with Crippen molar-refractivity contribution >= 4 is 29.0 Å². The molecule has 1 aliphatic carbocycles. The lowest BCUT2D eigenvalue weighted by Gasteiger charge is -2.32. The average molecular weight is 534 g/mol. The molecule has 0 radical (unpaired) electrons. The molecule has 4 N–H and O–H groups in total. The Labute approximate surface area is 218 Å². The van der Waals surface area contributed by atoms with Crippen LogP contribution in [0.2, 0.25) is 0 Å². The van der Waals surface area contributed by atoms with E-state index in [0.717, 1.165) is 63.0 Å². The van der Waals surface area contributed by atoms with E-state index >= 15 is 0 Å². The second kappa shape index (κ2) is 13.2. The third-order valence-electron chi connectivity index (χ3n) is 6.54. The van der Waals surface area contributed by atoms with E-state index in [1.54, 1.807) is 0 Å². The fourth-order valence-corrected chi connectivity index (χ4v) is 4.57. The maximum Gasteiger partial charge on any atom is 0.490 e. The van der Waals surface area contributed by atoms with Gasteiger partial charge < -0.3 is 25.3 Å². The number of imidazole rings is 1. The molecule has 2 heterocycles. The number of aliphatic hydroxyl groups is 1. The maximum atomic E-state index is 12.7. The van der Waals surface area contributed by atoms with E-state index in [0.29, 0.717) is 5.92 Å². The van der Waals surface area contributed by atoms with Crippen LogP contribution in [0.1, 0.15) is 66.2 Å². The number of likely N-dealkylation sites (tertiary alicyclic amines) is 1. The summed E-state index contributed by atoms with van der Waals surface area (Å²) < 4.78 is 31.7. The molecule has 1 aliphatic heterocycles. The molecule has 0 unspecified atom stereocenters. The van der Waals surface area contributed by atoms with Crippen molar-refractivity contribution in [3.8, 4) is 0 Å². The summed E-state index contributed by atoms with van der Waals surface area (Å²) in [7, 11) is 0. The van der Waals surface area contributed by atoms with E-state index in [1.165, 1.54) is 23.8 Å². The largest absolute Gasteiger partial charge is 0.490 e. The van der Waals surface area contributed by atoms with Crippen LogP contribution in [-0.4, -0.2) is 69.4 Å². The van der Waals surface area contributed by atoms with Gasteiger partial charge in [0.25, 0.3) is 5.82 Å². The van der Waals surface area contributed by atoms with Gasteiger partial charge in [-0.1, -0.05) is 18.7 Å². The number of hydrogen-bond acceptors (Lipinski definition) is 5. The Morgan fingerprint density at radius 1 is 1.24 bits per heavy atom. The maximum absolute atomic E-state index is 12.7. The molecule has 38 heavy (non-hydrogen) atoms. The number of aromatic nitrogens is 2. The minimum atomic E-state index is -5.08. The molecule has 4 rings (SSSR count). The molecular weight excluding hydrogens is 503 g/mol. The van der Waals surface area contributed by atoms with Crippen LogP contribution in [0.5, 0.6) is 0 Å². The van der Waals surface area contributed by atoms with Gasteiger partial charge in [-0.15, -0.1) is 0 Å². The molecule has 2 aliphatic rings. The van der Waals surface area contributed by atoms with Crippen molar-refractivity contribution in [1.29, 1.82) is 0 Å². The van der Waals surface area contributed by atoms with E-state index in [9.17, 15) is 23.1 Å². The van der Waals surface area contributed by atoms with E-state index in [4.69, 9.17) is 16.5 Å². The van der Waals surface area contributed by atoms with Crippen molar-refractivity contribution < 1.29 is 33.0 Å². The van der Waals surface area contributed by atoms with Gasteiger partial charge in [0.05, 0.1) is 12.8 Å². The fourth-order valence-electron chi connectivity index (χ4n) is 4.57. The Balaban J connectivity index is 0.000000505. The van der Waals surface area contributed by atoms with Gasteiger partial charge in [-0.2, -0.15) is 13.2 Å². The number of anilines is 1. The van der Waals surface area contributed by atoms with Crippen LogP contribution in [0, 0.1) is 6.57 Å². The van der Waals surface area contributed by atoms with Gasteiger partial charge in [-0.3, -0.25) is 9.78 Å². The lowest BCUT2D eigenvalue weighted by atomic mass is 9.85. The number of carbonyl (C=O) groups excluding carboxylic acids is 1. The van der Waals surface area contributed by atoms with Gasteiger partial charge in [0, 0.05) is 17.8 Å². The SMILES string of the molecule is O=C(O)C(F)(F)F.[C-]#[N+]c1cnc(C(=O)Nc2ccc(C3CCN(CCO)CC3)cc2C2=CCCCC2)[nH]1. The third-order valence-corrected chi connectivity index (χ3v) is 6.54. The first-order valence-corrected chi connectivity index (χ1v) is 12.3. The number of aliphatic hydroxyl groups excluding tert-OH is 1. The van der Waals surface area contributed by atoms with Crippen LogP contribution in [0.3, 0.4) is 0 Å². The topological polar surface area (TPSA) is 123 Å². The minimum absolute atomic E-state index is 0.148. The Hall–Kier alpha value is -3.69. The van der Waals surface area contributed by atoms with Gasteiger partial charge >= 0.3 is 18.1 Å². The Morgan fingerprint density at radius 2 is 1.95 bits per heavy atom. The zero-order chi connectivity index (χ0) is 27.7. The van der Waals surface area contributed by atoms with Crippen LogP contribution in [0.4, 0.5) is 24.7 Å². The van der Waals surface area contributed by atoms with Crippen molar-refractivity contribution in [3.05, 3.63) is 58.8 Å². The summed E-state index contributed by atoms with van der Waals surface area (Å²) in [5.74, 6) is -2.20. The van der Waals surface area contributed by atoms with Crippen LogP contribution in [0.25, 0.3) is 10.4 Å². The number of H-pyrrole nitrogens is 1. The van der Waals surface area contributed by atoms with Crippen molar-refractivity contribution in [1.82, 2.24) is 14.9 Å². The average Bonchev–Trinajstić information content (AvgIpc) is 3.40. The summed E-state index contributed by atoms with van der Waals surface area (Å²) in [6.45, 7) is 10.0. The number of amides is 1. The van der Waals surface area contributed by atoms with E-state index < -0.39 is 12.1 Å². The first-order valence-electron chi connectivity index (χ1n) is 12.3.